The molecular weight excluding hydrogens is 403 g/mol. The standard InChI is InChI=1S/C27H25OPS/c1-22(28)29(23-12-6-3-7-13-23,24-14-8-4-9-15-24,25-16-10-5-11-17-25)26-18-20-27(30-2)21-19-26/h3-21H,1-2H3. The van der Waals surface area contributed by atoms with Crippen molar-refractivity contribution in [1.82, 2.24) is 0 Å². The molecule has 0 aliphatic carbocycles. The minimum absolute atomic E-state index is 0.196. The first-order valence-corrected chi connectivity index (χ1v) is 13.4. The van der Waals surface area contributed by atoms with Crippen molar-refractivity contribution in [2.24, 2.45) is 0 Å². The first-order valence-electron chi connectivity index (χ1n) is 9.99. The molecule has 4 rings (SSSR count). The molecule has 0 atom stereocenters. The predicted octanol–water partition coefficient (Wildman–Crippen LogP) is 5.11. The van der Waals surface area contributed by atoms with E-state index >= 15 is 0 Å². The van der Waals surface area contributed by atoms with Gasteiger partial charge in [-0.1, -0.05) is 0 Å². The van der Waals surface area contributed by atoms with Gasteiger partial charge in [-0.05, 0) is 0 Å². The average molecular weight is 429 g/mol. The van der Waals surface area contributed by atoms with Crippen molar-refractivity contribution >= 4 is 45.1 Å². The molecule has 0 fully saturated rings. The zero-order chi connectivity index (χ0) is 21.1. The molecule has 0 radical (unpaired) electrons. The van der Waals surface area contributed by atoms with Gasteiger partial charge in [-0.25, -0.2) is 0 Å². The van der Waals surface area contributed by atoms with Crippen molar-refractivity contribution in [3.05, 3.63) is 115 Å². The van der Waals surface area contributed by atoms with E-state index in [2.05, 4.69) is 66.9 Å². The third-order valence-corrected chi connectivity index (χ3v) is 13.4. The maximum atomic E-state index is 14.2. The molecular formula is C27H25OPS. The summed E-state index contributed by atoms with van der Waals surface area (Å²) in [5.41, 5.74) is 0.196. The molecule has 4 aromatic carbocycles. The van der Waals surface area contributed by atoms with Gasteiger partial charge < -0.3 is 0 Å². The van der Waals surface area contributed by atoms with E-state index in [9.17, 15) is 4.79 Å². The van der Waals surface area contributed by atoms with Crippen LogP contribution in [-0.2, 0) is 4.79 Å². The van der Waals surface area contributed by atoms with Crippen molar-refractivity contribution in [1.29, 1.82) is 0 Å². The second-order valence-corrected chi connectivity index (χ2v) is 13.2. The van der Waals surface area contributed by atoms with Gasteiger partial charge in [0.05, 0.1) is 0 Å². The summed E-state index contributed by atoms with van der Waals surface area (Å²) in [7, 11) is 0. The normalized spacial score (nSPS) is 12.7. The van der Waals surface area contributed by atoms with Gasteiger partial charge in [0.1, 0.15) is 0 Å². The van der Waals surface area contributed by atoms with Crippen LogP contribution in [0.25, 0.3) is 0 Å². The van der Waals surface area contributed by atoms with Crippen molar-refractivity contribution < 1.29 is 4.79 Å². The molecule has 0 aliphatic heterocycles. The molecule has 30 heavy (non-hydrogen) atoms. The van der Waals surface area contributed by atoms with Crippen LogP contribution in [0, 0.1) is 0 Å². The van der Waals surface area contributed by atoms with E-state index in [1.807, 2.05) is 54.6 Å². The Morgan fingerprint density at radius 1 is 0.567 bits per heavy atom. The molecule has 3 heteroatoms. The number of carbonyl (C=O) groups excluding carboxylic acids is 1. The first kappa shape index (κ1) is 20.6. The topological polar surface area (TPSA) is 17.1 Å². The van der Waals surface area contributed by atoms with Crippen molar-refractivity contribution in [2.45, 2.75) is 11.8 Å². The summed E-state index contributed by atoms with van der Waals surface area (Å²) < 4.78 is 0. The van der Waals surface area contributed by atoms with E-state index < -0.39 is 6.60 Å². The summed E-state index contributed by atoms with van der Waals surface area (Å²) in [5.74, 6) is 0. The monoisotopic (exact) mass is 428 g/mol. The molecule has 0 heterocycles. The van der Waals surface area contributed by atoms with Crippen LogP contribution < -0.4 is 21.2 Å². The Bertz CT molecular complexity index is 1040. The van der Waals surface area contributed by atoms with Crippen LogP contribution in [0.15, 0.2) is 120 Å². The Morgan fingerprint density at radius 3 is 1.20 bits per heavy atom. The summed E-state index contributed by atoms with van der Waals surface area (Å²) >= 11 is 1.71. The van der Waals surface area contributed by atoms with Crippen LogP contribution in [-0.4, -0.2) is 11.8 Å². The molecule has 1 nitrogen and oxygen atoms in total. The fourth-order valence-electron chi connectivity index (χ4n) is 4.68. The number of hydrogen-bond donors (Lipinski definition) is 0. The Hall–Kier alpha value is -2.67. The van der Waals surface area contributed by atoms with Crippen LogP contribution in [0.3, 0.4) is 0 Å². The van der Waals surface area contributed by atoms with Crippen molar-refractivity contribution in [3.63, 3.8) is 0 Å². The van der Waals surface area contributed by atoms with Crippen molar-refractivity contribution in [2.75, 3.05) is 6.26 Å². The summed E-state index contributed by atoms with van der Waals surface area (Å²) in [6, 6.07) is 39.7. The summed E-state index contributed by atoms with van der Waals surface area (Å²) in [5, 5.41) is 4.30. The second kappa shape index (κ2) is 8.22. The maximum absolute atomic E-state index is 14.2. The molecule has 0 spiro atoms. The van der Waals surface area contributed by atoms with E-state index in [1.54, 1.807) is 18.7 Å². The van der Waals surface area contributed by atoms with Gasteiger partial charge in [0.25, 0.3) is 0 Å². The van der Waals surface area contributed by atoms with Gasteiger partial charge in [-0.15, -0.1) is 0 Å². The summed E-state index contributed by atoms with van der Waals surface area (Å²) in [6.45, 7) is -1.87. The number of thioether (sulfide) groups is 1. The Morgan fingerprint density at radius 2 is 0.900 bits per heavy atom. The Labute approximate surface area is 183 Å². The molecule has 0 unspecified atom stereocenters. The second-order valence-electron chi connectivity index (χ2n) is 7.34. The van der Waals surface area contributed by atoms with Gasteiger partial charge in [0, 0.05) is 0 Å². The molecule has 0 N–H and O–H groups in total. The Kier molecular flexibility index (Phi) is 5.64. The SMILES string of the molecule is CSc1ccc(P(C(C)=O)(c2ccccc2)(c2ccccc2)c2ccccc2)cc1. The number of hydrogen-bond acceptors (Lipinski definition) is 2. The summed E-state index contributed by atoms with van der Waals surface area (Å²) in [6.07, 6.45) is 2.07. The summed E-state index contributed by atoms with van der Waals surface area (Å²) in [4.78, 5) is 15.4. The number of rotatable bonds is 6. The third kappa shape index (κ3) is 2.79. The molecule has 4 aromatic rings. The number of benzene rings is 4. The van der Waals surface area contributed by atoms with Gasteiger partial charge in [-0.2, -0.15) is 0 Å². The van der Waals surface area contributed by atoms with E-state index in [1.165, 1.54) is 4.90 Å². The molecule has 0 bridgehead atoms. The van der Waals surface area contributed by atoms with Crippen LogP contribution in [0.5, 0.6) is 0 Å². The van der Waals surface area contributed by atoms with Crippen LogP contribution >= 0.6 is 18.4 Å². The fraction of sp³-hybridized carbons (Fsp3) is 0.0741. The molecule has 0 saturated heterocycles. The van der Waals surface area contributed by atoms with Crippen LogP contribution in [0.2, 0.25) is 0 Å². The van der Waals surface area contributed by atoms with E-state index in [-0.39, 0.29) is 5.52 Å². The first-order chi connectivity index (χ1) is 14.6. The molecule has 150 valence electrons. The van der Waals surface area contributed by atoms with Gasteiger partial charge in [0.15, 0.2) is 0 Å². The average Bonchev–Trinajstić information content (AvgIpc) is 2.82. The predicted molar refractivity (Wildman–Crippen MR) is 134 cm³/mol. The molecule has 0 aliphatic rings. The quantitative estimate of drug-likeness (QED) is 0.314. The van der Waals surface area contributed by atoms with E-state index in [4.69, 9.17) is 0 Å². The van der Waals surface area contributed by atoms with Crippen molar-refractivity contribution in [3.8, 4) is 0 Å². The third-order valence-electron chi connectivity index (χ3n) is 6.04. The van der Waals surface area contributed by atoms with Gasteiger partial charge in [0.2, 0.25) is 0 Å². The zero-order valence-electron chi connectivity index (χ0n) is 17.2. The zero-order valence-corrected chi connectivity index (χ0v) is 18.9. The van der Waals surface area contributed by atoms with E-state index in [0.717, 1.165) is 21.2 Å². The Balaban J connectivity index is 2.30. The van der Waals surface area contributed by atoms with Crippen LogP contribution in [0.4, 0.5) is 0 Å². The number of carbonyl (C=O) groups is 1. The van der Waals surface area contributed by atoms with Gasteiger partial charge >= 0.3 is 183 Å². The fourth-order valence-corrected chi connectivity index (χ4v) is 11.4. The van der Waals surface area contributed by atoms with Gasteiger partial charge in [-0.3, -0.25) is 0 Å². The van der Waals surface area contributed by atoms with E-state index in [0.29, 0.717) is 0 Å². The molecule has 0 aromatic heterocycles. The molecule has 0 amide bonds. The molecule has 0 saturated carbocycles. The minimum atomic E-state index is -3.64. The van der Waals surface area contributed by atoms with Crippen LogP contribution in [0.1, 0.15) is 6.92 Å².